The summed E-state index contributed by atoms with van der Waals surface area (Å²) in [6, 6.07) is 0.539. The highest BCUT2D eigenvalue weighted by Gasteiger charge is 2.24. The second-order valence-electron chi connectivity index (χ2n) is 4.88. The first-order valence-electron chi connectivity index (χ1n) is 6.20. The third-order valence-electron chi connectivity index (χ3n) is 3.46. The average Bonchev–Trinajstić information content (AvgIpc) is 2.20. The van der Waals surface area contributed by atoms with Crippen molar-refractivity contribution in [1.82, 2.24) is 5.32 Å². The minimum absolute atomic E-state index is 0.539. The lowest BCUT2D eigenvalue weighted by Crippen LogP contribution is -2.43. The molecular formula is C12H25N3. The van der Waals surface area contributed by atoms with Gasteiger partial charge in [-0.05, 0) is 37.5 Å². The van der Waals surface area contributed by atoms with E-state index >= 15 is 0 Å². The smallest absolute Gasteiger partial charge is 0.188 e. The predicted molar refractivity (Wildman–Crippen MR) is 65.9 cm³/mol. The Morgan fingerprint density at radius 1 is 1.33 bits per heavy atom. The maximum atomic E-state index is 5.81. The van der Waals surface area contributed by atoms with Crippen LogP contribution in [0, 0.1) is 11.8 Å². The highest BCUT2D eigenvalue weighted by atomic mass is 15.1. The van der Waals surface area contributed by atoms with Crippen LogP contribution in [-0.2, 0) is 0 Å². The minimum atomic E-state index is 0.539. The van der Waals surface area contributed by atoms with Crippen LogP contribution in [0.15, 0.2) is 4.99 Å². The molecular weight excluding hydrogens is 186 g/mol. The summed E-state index contributed by atoms with van der Waals surface area (Å²) >= 11 is 0. The van der Waals surface area contributed by atoms with Gasteiger partial charge in [0.1, 0.15) is 0 Å². The monoisotopic (exact) mass is 211 g/mol. The molecule has 0 aliphatic heterocycles. The van der Waals surface area contributed by atoms with Crippen molar-refractivity contribution in [2.75, 3.05) is 6.54 Å². The summed E-state index contributed by atoms with van der Waals surface area (Å²) in [7, 11) is 0. The first kappa shape index (κ1) is 12.3. The molecule has 0 amide bonds. The van der Waals surface area contributed by atoms with E-state index in [0.29, 0.717) is 12.0 Å². The summed E-state index contributed by atoms with van der Waals surface area (Å²) in [5.74, 6) is 2.29. The molecule has 3 unspecified atom stereocenters. The molecule has 1 aliphatic rings. The van der Waals surface area contributed by atoms with Crippen molar-refractivity contribution >= 4 is 5.96 Å². The predicted octanol–water partition coefficient (Wildman–Crippen LogP) is 2.13. The molecule has 3 nitrogen and oxygen atoms in total. The molecule has 1 rings (SSSR count). The third-order valence-corrected chi connectivity index (χ3v) is 3.46. The fourth-order valence-electron chi connectivity index (χ4n) is 2.17. The lowest BCUT2D eigenvalue weighted by atomic mass is 9.79. The van der Waals surface area contributed by atoms with Crippen molar-refractivity contribution in [3.63, 3.8) is 0 Å². The minimum Gasteiger partial charge on any atom is -0.370 e. The molecule has 3 heteroatoms. The summed E-state index contributed by atoms with van der Waals surface area (Å²) in [6.07, 6.45) is 4.82. The molecule has 1 aliphatic carbocycles. The highest BCUT2D eigenvalue weighted by Crippen LogP contribution is 2.29. The standard InChI is InChI=1S/C12H25N3/c1-4-7-14-12(13)15-11-6-5-9(2)10(3)8-11/h9-11H,4-8H2,1-3H3,(H3,13,14,15). The lowest BCUT2D eigenvalue weighted by molar-refractivity contribution is 0.240. The van der Waals surface area contributed by atoms with Gasteiger partial charge in [0, 0.05) is 12.6 Å². The molecule has 0 bridgehead atoms. The van der Waals surface area contributed by atoms with Crippen LogP contribution in [-0.4, -0.2) is 18.5 Å². The Bertz CT molecular complexity index is 213. The molecule has 0 saturated heterocycles. The Labute approximate surface area is 93.5 Å². The van der Waals surface area contributed by atoms with Crippen LogP contribution in [0.5, 0.6) is 0 Å². The average molecular weight is 211 g/mol. The lowest BCUT2D eigenvalue weighted by Gasteiger charge is -2.32. The zero-order valence-corrected chi connectivity index (χ0v) is 10.3. The largest absolute Gasteiger partial charge is 0.370 e. The van der Waals surface area contributed by atoms with Gasteiger partial charge in [0.15, 0.2) is 5.96 Å². The van der Waals surface area contributed by atoms with E-state index in [2.05, 4.69) is 31.1 Å². The van der Waals surface area contributed by atoms with Gasteiger partial charge in [-0.3, -0.25) is 4.99 Å². The number of aliphatic imine (C=N–C) groups is 1. The van der Waals surface area contributed by atoms with Gasteiger partial charge in [-0.1, -0.05) is 20.8 Å². The molecule has 0 aromatic rings. The van der Waals surface area contributed by atoms with Crippen LogP contribution in [0.3, 0.4) is 0 Å². The third kappa shape index (κ3) is 4.10. The fraction of sp³-hybridized carbons (Fsp3) is 0.917. The van der Waals surface area contributed by atoms with Gasteiger partial charge < -0.3 is 11.1 Å². The Hall–Kier alpha value is -0.730. The molecule has 0 heterocycles. The van der Waals surface area contributed by atoms with Crippen molar-refractivity contribution in [3.8, 4) is 0 Å². The normalized spacial score (nSPS) is 32.7. The summed E-state index contributed by atoms with van der Waals surface area (Å²) in [6.45, 7) is 7.62. The molecule has 3 N–H and O–H groups in total. The topological polar surface area (TPSA) is 50.4 Å². The molecule has 0 aromatic heterocycles. The van der Waals surface area contributed by atoms with Gasteiger partial charge in [-0.25, -0.2) is 0 Å². The molecule has 15 heavy (non-hydrogen) atoms. The maximum absolute atomic E-state index is 5.81. The molecule has 1 fully saturated rings. The van der Waals surface area contributed by atoms with Crippen LogP contribution < -0.4 is 11.1 Å². The summed E-state index contributed by atoms with van der Waals surface area (Å²) in [5, 5.41) is 3.33. The number of rotatable bonds is 3. The molecule has 0 radical (unpaired) electrons. The molecule has 3 atom stereocenters. The van der Waals surface area contributed by atoms with Gasteiger partial charge >= 0.3 is 0 Å². The number of hydrogen-bond donors (Lipinski definition) is 2. The van der Waals surface area contributed by atoms with E-state index < -0.39 is 0 Å². The zero-order chi connectivity index (χ0) is 11.3. The van der Waals surface area contributed by atoms with Crippen molar-refractivity contribution in [2.24, 2.45) is 22.6 Å². The Balaban J connectivity index is 2.33. The number of guanidine groups is 1. The number of nitrogens with one attached hydrogen (secondary N) is 1. The van der Waals surface area contributed by atoms with Gasteiger partial charge in [0.05, 0.1) is 0 Å². The summed E-state index contributed by atoms with van der Waals surface area (Å²) in [5.41, 5.74) is 5.81. The first-order chi connectivity index (χ1) is 7.13. The van der Waals surface area contributed by atoms with Gasteiger partial charge in [0.2, 0.25) is 0 Å². The first-order valence-corrected chi connectivity index (χ1v) is 6.20. The van der Waals surface area contributed by atoms with Crippen LogP contribution in [0.1, 0.15) is 46.5 Å². The van der Waals surface area contributed by atoms with E-state index in [1.165, 1.54) is 19.3 Å². The van der Waals surface area contributed by atoms with Crippen molar-refractivity contribution in [1.29, 1.82) is 0 Å². The van der Waals surface area contributed by atoms with Crippen molar-refractivity contribution in [3.05, 3.63) is 0 Å². The Morgan fingerprint density at radius 3 is 2.67 bits per heavy atom. The van der Waals surface area contributed by atoms with E-state index in [1.54, 1.807) is 0 Å². The maximum Gasteiger partial charge on any atom is 0.188 e. The summed E-state index contributed by atoms with van der Waals surface area (Å²) < 4.78 is 0. The quantitative estimate of drug-likeness (QED) is 0.555. The Kier molecular flexibility index (Phi) is 4.92. The van der Waals surface area contributed by atoms with E-state index in [9.17, 15) is 0 Å². The van der Waals surface area contributed by atoms with Crippen molar-refractivity contribution in [2.45, 2.75) is 52.5 Å². The van der Waals surface area contributed by atoms with Gasteiger partial charge in [-0.2, -0.15) is 0 Å². The Morgan fingerprint density at radius 2 is 2.07 bits per heavy atom. The second kappa shape index (κ2) is 5.99. The number of nitrogens with two attached hydrogens (primary N) is 1. The second-order valence-corrected chi connectivity index (χ2v) is 4.88. The molecule has 0 spiro atoms. The van der Waals surface area contributed by atoms with Crippen LogP contribution in [0.25, 0.3) is 0 Å². The highest BCUT2D eigenvalue weighted by molar-refractivity contribution is 5.78. The van der Waals surface area contributed by atoms with Crippen LogP contribution >= 0.6 is 0 Å². The van der Waals surface area contributed by atoms with E-state index in [4.69, 9.17) is 5.73 Å². The van der Waals surface area contributed by atoms with E-state index in [1.807, 2.05) is 0 Å². The summed E-state index contributed by atoms with van der Waals surface area (Å²) in [4.78, 5) is 4.26. The van der Waals surface area contributed by atoms with Gasteiger partial charge in [-0.15, -0.1) is 0 Å². The number of nitrogens with zero attached hydrogens (tertiary/aromatic N) is 1. The van der Waals surface area contributed by atoms with Crippen LogP contribution in [0.4, 0.5) is 0 Å². The van der Waals surface area contributed by atoms with E-state index in [-0.39, 0.29) is 0 Å². The molecule has 0 aromatic carbocycles. The molecule has 1 saturated carbocycles. The molecule has 88 valence electrons. The van der Waals surface area contributed by atoms with Crippen molar-refractivity contribution < 1.29 is 0 Å². The number of hydrogen-bond acceptors (Lipinski definition) is 1. The SMILES string of the molecule is CCCN=C(N)NC1CCC(C)C(C)C1. The fourth-order valence-corrected chi connectivity index (χ4v) is 2.17. The zero-order valence-electron chi connectivity index (χ0n) is 10.3. The van der Waals surface area contributed by atoms with Gasteiger partial charge in [0.25, 0.3) is 0 Å². The van der Waals surface area contributed by atoms with E-state index in [0.717, 1.165) is 24.8 Å². The van der Waals surface area contributed by atoms with Crippen LogP contribution in [0.2, 0.25) is 0 Å².